The van der Waals surface area contributed by atoms with E-state index in [1.807, 2.05) is 31.2 Å². The molecule has 5 nitrogen and oxygen atoms in total. The summed E-state index contributed by atoms with van der Waals surface area (Å²) < 4.78 is 4.60. The van der Waals surface area contributed by atoms with Crippen LogP contribution < -0.4 is 10.9 Å². The zero-order valence-corrected chi connectivity index (χ0v) is 11.2. The molecule has 0 fully saturated rings. The number of ether oxygens (including phenoxy) is 1. The van der Waals surface area contributed by atoms with Crippen molar-refractivity contribution >= 4 is 23.8 Å². The predicted octanol–water partition coefficient (Wildman–Crippen LogP) is 1.86. The number of carbonyl (C=O) groups is 2. The first-order chi connectivity index (χ1) is 8.61. The molecule has 0 aliphatic heterocycles. The molecule has 0 spiro atoms. The van der Waals surface area contributed by atoms with Crippen molar-refractivity contribution in [2.24, 2.45) is 0 Å². The molecule has 6 heteroatoms. The Balaban J connectivity index is 2.24. The number of hydrogen-bond donors (Lipinski definition) is 2. The van der Waals surface area contributed by atoms with Crippen molar-refractivity contribution in [3.05, 3.63) is 29.8 Å². The Morgan fingerprint density at radius 1 is 1.22 bits per heavy atom. The number of thioether (sulfide) groups is 1. The molecular weight excluding hydrogens is 252 g/mol. The molecule has 0 radical (unpaired) electrons. The van der Waals surface area contributed by atoms with Crippen LogP contribution in [-0.2, 0) is 9.53 Å². The third-order valence-electron chi connectivity index (χ3n) is 1.97. The first-order valence-electron chi connectivity index (χ1n) is 5.53. The molecule has 0 heterocycles. The van der Waals surface area contributed by atoms with E-state index >= 15 is 0 Å². The van der Waals surface area contributed by atoms with Crippen molar-refractivity contribution in [1.82, 2.24) is 10.9 Å². The van der Waals surface area contributed by atoms with Crippen molar-refractivity contribution in [2.75, 3.05) is 12.4 Å². The van der Waals surface area contributed by atoms with Crippen molar-refractivity contribution in [1.29, 1.82) is 0 Å². The van der Waals surface area contributed by atoms with Gasteiger partial charge >= 0.3 is 6.09 Å². The monoisotopic (exact) mass is 268 g/mol. The summed E-state index contributed by atoms with van der Waals surface area (Å²) in [6, 6.07) is 7.87. The number of carbonyl (C=O) groups excluding carboxylic acids is 2. The first-order valence-corrected chi connectivity index (χ1v) is 6.51. The van der Waals surface area contributed by atoms with Crippen molar-refractivity contribution in [3.63, 3.8) is 0 Å². The largest absolute Gasteiger partial charge is 0.449 e. The van der Waals surface area contributed by atoms with Crippen LogP contribution in [0.3, 0.4) is 0 Å². The highest BCUT2D eigenvalue weighted by molar-refractivity contribution is 8.00. The van der Waals surface area contributed by atoms with E-state index in [0.717, 1.165) is 4.90 Å². The SMILES string of the molecule is CCOC(=O)NNC(=O)CSc1ccc(C)cc1. The van der Waals surface area contributed by atoms with Gasteiger partial charge in [0.15, 0.2) is 0 Å². The number of nitrogens with one attached hydrogen (secondary N) is 2. The van der Waals surface area contributed by atoms with Crippen LogP contribution in [-0.4, -0.2) is 24.4 Å². The zero-order chi connectivity index (χ0) is 13.4. The number of hydrazine groups is 1. The molecule has 98 valence electrons. The second-order valence-electron chi connectivity index (χ2n) is 3.50. The number of hydrogen-bond acceptors (Lipinski definition) is 4. The Morgan fingerprint density at radius 3 is 2.50 bits per heavy atom. The number of rotatable bonds is 4. The summed E-state index contributed by atoms with van der Waals surface area (Å²) in [5.41, 5.74) is 5.59. The van der Waals surface area contributed by atoms with Crippen molar-refractivity contribution < 1.29 is 14.3 Å². The third kappa shape index (κ3) is 5.58. The fourth-order valence-electron chi connectivity index (χ4n) is 1.11. The maximum absolute atomic E-state index is 11.4. The Kier molecular flexibility index (Phi) is 6.07. The van der Waals surface area contributed by atoms with Crippen LogP contribution in [0.2, 0.25) is 0 Å². The Labute approximate surface area is 110 Å². The Bertz CT molecular complexity index is 406. The van der Waals surface area contributed by atoms with Gasteiger partial charge in [0.05, 0.1) is 12.4 Å². The standard InChI is InChI=1S/C12H16N2O3S/c1-3-17-12(16)14-13-11(15)8-18-10-6-4-9(2)5-7-10/h4-7H,3,8H2,1-2H3,(H,13,15)(H,14,16). The van der Waals surface area contributed by atoms with Crippen LogP contribution >= 0.6 is 11.8 Å². The molecule has 2 amide bonds. The van der Waals surface area contributed by atoms with E-state index in [1.54, 1.807) is 6.92 Å². The number of aryl methyl sites for hydroxylation is 1. The molecule has 0 bridgehead atoms. The minimum Gasteiger partial charge on any atom is -0.449 e. The lowest BCUT2D eigenvalue weighted by molar-refractivity contribution is -0.119. The molecule has 1 rings (SSSR count). The normalized spacial score (nSPS) is 9.67. The molecule has 0 saturated carbocycles. The molecule has 0 aromatic heterocycles. The molecule has 1 aromatic carbocycles. The van der Waals surface area contributed by atoms with Gasteiger partial charge in [-0.15, -0.1) is 11.8 Å². The number of amides is 2. The van der Waals surface area contributed by atoms with Gasteiger partial charge in [-0.05, 0) is 26.0 Å². The molecule has 0 unspecified atom stereocenters. The fraction of sp³-hybridized carbons (Fsp3) is 0.333. The van der Waals surface area contributed by atoms with Gasteiger partial charge in [0.2, 0.25) is 5.91 Å². The van der Waals surface area contributed by atoms with Crippen LogP contribution in [0.4, 0.5) is 4.79 Å². The van der Waals surface area contributed by atoms with Gasteiger partial charge in [-0.3, -0.25) is 10.2 Å². The smallest absolute Gasteiger partial charge is 0.426 e. The molecular formula is C12H16N2O3S. The van der Waals surface area contributed by atoms with Crippen molar-refractivity contribution in [3.8, 4) is 0 Å². The zero-order valence-electron chi connectivity index (χ0n) is 10.4. The Morgan fingerprint density at radius 2 is 1.89 bits per heavy atom. The van der Waals surface area contributed by atoms with Crippen molar-refractivity contribution in [2.45, 2.75) is 18.7 Å². The molecule has 0 atom stereocenters. The van der Waals surface area contributed by atoms with Crippen LogP contribution in [0.15, 0.2) is 29.2 Å². The summed E-state index contributed by atoms with van der Waals surface area (Å²) in [5, 5.41) is 0. The topological polar surface area (TPSA) is 67.4 Å². The highest BCUT2D eigenvalue weighted by atomic mass is 32.2. The van der Waals surface area contributed by atoms with Gasteiger partial charge < -0.3 is 4.74 Å². The lowest BCUT2D eigenvalue weighted by Gasteiger charge is -2.06. The maximum Gasteiger partial charge on any atom is 0.426 e. The lowest BCUT2D eigenvalue weighted by Crippen LogP contribution is -2.42. The molecule has 2 N–H and O–H groups in total. The molecule has 0 aliphatic carbocycles. The fourth-order valence-corrected chi connectivity index (χ4v) is 1.81. The van der Waals surface area contributed by atoms with Gasteiger partial charge in [0.25, 0.3) is 0 Å². The molecule has 18 heavy (non-hydrogen) atoms. The van der Waals surface area contributed by atoms with Crippen LogP contribution in [0, 0.1) is 6.92 Å². The summed E-state index contributed by atoms with van der Waals surface area (Å²) in [7, 11) is 0. The molecule has 0 aliphatic rings. The predicted molar refractivity (Wildman–Crippen MR) is 70.2 cm³/mol. The van der Waals surface area contributed by atoms with Gasteiger partial charge in [-0.25, -0.2) is 10.2 Å². The highest BCUT2D eigenvalue weighted by Crippen LogP contribution is 2.17. The summed E-state index contributed by atoms with van der Waals surface area (Å²) in [4.78, 5) is 23.3. The van der Waals surface area contributed by atoms with Gasteiger partial charge in [0, 0.05) is 4.90 Å². The van der Waals surface area contributed by atoms with E-state index < -0.39 is 6.09 Å². The van der Waals surface area contributed by atoms with E-state index in [2.05, 4.69) is 15.6 Å². The average molecular weight is 268 g/mol. The van der Waals surface area contributed by atoms with Crippen LogP contribution in [0.1, 0.15) is 12.5 Å². The first kappa shape index (κ1) is 14.4. The third-order valence-corrected chi connectivity index (χ3v) is 2.98. The summed E-state index contributed by atoms with van der Waals surface area (Å²) in [6.07, 6.45) is -0.661. The molecule has 0 saturated heterocycles. The lowest BCUT2D eigenvalue weighted by atomic mass is 10.2. The maximum atomic E-state index is 11.4. The van der Waals surface area contributed by atoms with E-state index in [4.69, 9.17) is 0 Å². The minimum absolute atomic E-state index is 0.232. The second kappa shape index (κ2) is 7.60. The molecule has 1 aromatic rings. The second-order valence-corrected chi connectivity index (χ2v) is 4.54. The minimum atomic E-state index is -0.661. The quantitative estimate of drug-likeness (QED) is 0.646. The summed E-state index contributed by atoms with van der Waals surface area (Å²) in [5.74, 6) is -0.0521. The number of benzene rings is 1. The van der Waals surface area contributed by atoms with Crippen LogP contribution in [0.25, 0.3) is 0 Å². The van der Waals surface area contributed by atoms with Gasteiger partial charge in [-0.1, -0.05) is 17.7 Å². The van der Waals surface area contributed by atoms with E-state index in [0.29, 0.717) is 0 Å². The van der Waals surface area contributed by atoms with Gasteiger partial charge in [-0.2, -0.15) is 0 Å². The van der Waals surface area contributed by atoms with E-state index in [9.17, 15) is 9.59 Å². The Hall–Kier alpha value is -1.69. The summed E-state index contributed by atoms with van der Waals surface area (Å²) >= 11 is 1.40. The summed E-state index contributed by atoms with van der Waals surface area (Å²) in [6.45, 7) is 3.96. The highest BCUT2D eigenvalue weighted by Gasteiger charge is 2.05. The average Bonchev–Trinajstić information content (AvgIpc) is 2.36. The van der Waals surface area contributed by atoms with Gasteiger partial charge in [0.1, 0.15) is 0 Å². The van der Waals surface area contributed by atoms with Crippen LogP contribution in [0.5, 0.6) is 0 Å². The van der Waals surface area contributed by atoms with E-state index in [1.165, 1.54) is 17.3 Å². The van der Waals surface area contributed by atoms with E-state index in [-0.39, 0.29) is 18.3 Å².